The highest BCUT2D eigenvalue weighted by Gasteiger charge is 2.09. The fraction of sp³-hybridized carbons (Fsp3) is 0.417. The van der Waals surface area contributed by atoms with Crippen LogP contribution in [0.2, 0.25) is 0 Å². The van der Waals surface area contributed by atoms with Gasteiger partial charge >= 0.3 is 5.97 Å². The Balaban J connectivity index is 2.37. The lowest BCUT2D eigenvalue weighted by atomic mass is 10.1. The summed E-state index contributed by atoms with van der Waals surface area (Å²) in [6, 6.07) is 3.71. The van der Waals surface area contributed by atoms with E-state index in [1.165, 1.54) is 0 Å². The summed E-state index contributed by atoms with van der Waals surface area (Å²) in [4.78, 5) is 14.5. The quantitative estimate of drug-likeness (QED) is 0.732. The van der Waals surface area contributed by atoms with Crippen molar-refractivity contribution in [2.24, 2.45) is 5.92 Å². The predicted molar refractivity (Wildman–Crippen MR) is 63.5 cm³/mol. The van der Waals surface area contributed by atoms with E-state index in [-0.39, 0.29) is 5.92 Å². The Labute approximate surface area is 100 Å². The van der Waals surface area contributed by atoms with Crippen molar-refractivity contribution in [3.05, 3.63) is 24.0 Å². The number of hydrogen-bond donors (Lipinski definition) is 2. The topological polar surface area (TPSA) is 86.0 Å². The first-order valence-corrected chi connectivity index (χ1v) is 5.46. The Morgan fingerprint density at radius 1 is 1.71 bits per heavy atom. The van der Waals surface area contributed by atoms with Crippen LogP contribution in [0.3, 0.4) is 0 Å². The molecule has 0 radical (unpaired) electrons. The fourth-order valence-electron chi connectivity index (χ4n) is 1.39. The number of nitrogens with one attached hydrogen (secondary N) is 1. The lowest BCUT2D eigenvalue weighted by molar-refractivity contribution is -0.141. The average Bonchev–Trinajstić information content (AvgIpc) is 2.34. The van der Waals surface area contributed by atoms with Crippen LogP contribution >= 0.6 is 0 Å². The zero-order chi connectivity index (χ0) is 12.7. The molecule has 0 aliphatic heterocycles. The molecule has 0 amide bonds. The minimum atomic E-state index is -0.774. The second-order valence-electron chi connectivity index (χ2n) is 3.84. The van der Waals surface area contributed by atoms with E-state index in [2.05, 4.69) is 16.4 Å². The summed E-state index contributed by atoms with van der Waals surface area (Å²) in [5.41, 5.74) is 1.24. The van der Waals surface area contributed by atoms with Crippen LogP contribution in [-0.4, -0.2) is 22.6 Å². The van der Waals surface area contributed by atoms with Crippen LogP contribution < -0.4 is 5.32 Å². The molecule has 0 aliphatic carbocycles. The van der Waals surface area contributed by atoms with E-state index < -0.39 is 5.97 Å². The lowest BCUT2D eigenvalue weighted by Crippen LogP contribution is -2.12. The number of aliphatic carboxylic acids is 1. The van der Waals surface area contributed by atoms with Gasteiger partial charge in [0.2, 0.25) is 0 Å². The number of carboxylic acids is 1. The Morgan fingerprint density at radius 2 is 2.47 bits per heavy atom. The predicted octanol–water partition coefficient (Wildman–Crippen LogP) is 1.87. The summed E-state index contributed by atoms with van der Waals surface area (Å²) in [6.45, 7) is 2.32. The third kappa shape index (κ3) is 4.11. The van der Waals surface area contributed by atoms with Gasteiger partial charge in [-0.15, -0.1) is 0 Å². The number of anilines is 1. The molecule has 0 saturated heterocycles. The van der Waals surface area contributed by atoms with Crippen molar-refractivity contribution in [3.63, 3.8) is 0 Å². The molecular formula is C12H15N3O2. The number of pyridine rings is 1. The number of nitriles is 1. The van der Waals surface area contributed by atoms with Gasteiger partial charge in [0.15, 0.2) is 0 Å². The van der Waals surface area contributed by atoms with Gasteiger partial charge in [-0.05, 0) is 18.9 Å². The zero-order valence-corrected chi connectivity index (χ0v) is 9.68. The number of carbonyl (C=O) groups is 1. The van der Waals surface area contributed by atoms with Crippen molar-refractivity contribution < 1.29 is 9.90 Å². The maximum atomic E-state index is 10.6. The van der Waals surface area contributed by atoms with Gasteiger partial charge in [0.25, 0.3) is 0 Å². The molecule has 0 aromatic carbocycles. The molecule has 1 rings (SSSR count). The van der Waals surface area contributed by atoms with Crippen LogP contribution in [0.25, 0.3) is 0 Å². The van der Waals surface area contributed by atoms with Crippen molar-refractivity contribution in [3.8, 4) is 6.07 Å². The molecule has 90 valence electrons. The lowest BCUT2D eigenvalue weighted by Gasteiger charge is -2.08. The van der Waals surface area contributed by atoms with E-state index >= 15 is 0 Å². The van der Waals surface area contributed by atoms with Gasteiger partial charge in [0.1, 0.15) is 6.07 Å². The first-order chi connectivity index (χ1) is 8.15. The van der Waals surface area contributed by atoms with Crippen LogP contribution in [0.1, 0.15) is 25.3 Å². The summed E-state index contributed by atoms with van der Waals surface area (Å²) >= 11 is 0. The van der Waals surface area contributed by atoms with E-state index in [4.69, 9.17) is 10.4 Å². The monoisotopic (exact) mass is 233 g/mol. The van der Waals surface area contributed by atoms with Gasteiger partial charge in [-0.2, -0.15) is 5.26 Å². The normalized spacial score (nSPS) is 11.5. The molecule has 0 fully saturated rings. The first kappa shape index (κ1) is 13.0. The highest BCUT2D eigenvalue weighted by atomic mass is 16.4. The van der Waals surface area contributed by atoms with E-state index in [1.54, 1.807) is 25.4 Å². The second kappa shape index (κ2) is 6.48. The Morgan fingerprint density at radius 3 is 3.12 bits per heavy atom. The molecule has 1 aromatic heterocycles. The Hall–Kier alpha value is -2.09. The zero-order valence-electron chi connectivity index (χ0n) is 9.68. The van der Waals surface area contributed by atoms with E-state index in [9.17, 15) is 4.79 Å². The highest BCUT2D eigenvalue weighted by molar-refractivity contribution is 5.69. The SMILES string of the molecule is CC(CCCNc1cnccc1C#N)C(=O)O. The van der Waals surface area contributed by atoms with Crippen LogP contribution in [-0.2, 0) is 4.79 Å². The van der Waals surface area contributed by atoms with Crippen LogP contribution in [0.15, 0.2) is 18.5 Å². The van der Waals surface area contributed by atoms with Crippen molar-refractivity contribution in [2.75, 3.05) is 11.9 Å². The molecule has 17 heavy (non-hydrogen) atoms. The van der Waals surface area contributed by atoms with Gasteiger partial charge in [0.05, 0.1) is 23.4 Å². The molecule has 0 bridgehead atoms. The number of rotatable bonds is 6. The minimum Gasteiger partial charge on any atom is -0.481 e. The molecule has 5 nitrogen and oxygen atoms in total. The average molecular weight is 233 g/mol. The maximum Gasteiger partial charge on any atom is 0.306 e. The second-order valence-corrected chi connectivity index (χ2v) is 3.84. The summed E-state index contributed by atoms with van der Waals surface area (Å²) in [5, 5.41) is 20.6. The van der Waals surface area contributed by atoms with Gasteiger partial charge < -0.3 is 10.4 Å². The van der Waals surface area contributed by atoms with E-state index in [1.807, 2.05) is 0 Å². The maximum absolute atomic E-state index is 10.6. The molecule has 2 N–H and O–H groups in total. The summed E-state index contributed by atoms with van der Waals surface area (Å²) in [7, 11) is 0. The van der Waals surface area contributed by atoms with Crippen LogP contribution in [0.5, 0.6) is 0 Å². The van der Waals surface area contributed by atoms with Crippen molar-refractivity contribution in [2.45, 2.75) is 19.8 Å². The molecule has 0 spiro atoms. The summed E-state index contributed by atoms with van der Waals surface area (Å²) in [6.07, 6.45) is 4.52. The molecule has 1 unspecified atom stereocenters. The number of hydrogen-bond acceptors (Lipinski definition) is 4. The standard InChI is InChI=1S/C12H15N3O2/c1-9(12(16)17)3-2-5-15-11-8-14-6-4-10(11)7-13/h4,6,8-9,15H,2-3,5H2,1H3,(H,16,17). The largest absolute Gasteiger partial charge is 0.481 e. The van der Waals surface area contributed by atoms with Crippen LogP contribution in [0, 0.1) is 17.2 Å². The van der Waals surface area contributed by atoms with Crippen molar-refractivity contribution in [1.82, 2.24) is 4.98 Å². The number of carboxylic acid groups (broad SMARTS) is 1. The van der Waals surface area contributed by atoms with Gasteiger partial charge in [-0.25, -0.2) is 0 Å². The molecule has 0 aliphatic rings. The molecular weight excluding hydrogens is 218 g/mol. The minimum absolute atomic E-state index is 0.332. The third-order valence-corrected chi connectivity index (χ3v) is 2.49. The van der Waals surface area contributed by atoms with Crippen LogP contribution in [0.4, 0.5) is 5.69 Å². The number of aromatic nitrogens is 1. The van der Waals surface area contributed by atoms with E-state index in [0.717, 1.165) is 6.42 Å². The van der Waals surface area contributed by atoms with Crippen molar-refractivity contribution in [1.29, 1.82) is 5.26 Å². The molecule has 5 heteroatoms. The van der Waals surface area contributed by atoms with E-state index in [0.29, 0.717) is 24.2 Å². The third-order valence-electron chi connectivity index (χ3n) is 2.49. The number of nitrogens with zero attached hydrogens (tertiary/aromatic N) is 2. The Kier molecular flexibility index (Phi) is 4.95. The summed E-state index contributed by atoms with van der Waals surface area (Å²) in [5.74, 6) is -1.11. The smallest absolute Gasteiger partial charge is 0.306 e. The molecule has 1 aromatic rings. The summed E-state index contributed by atoms with van der Waals surface area (Å²) < 4.78 is 0. The van der Waals surface area contributed by atoms with Gasteiger partial charge in [-0.3, -0.25) is 9.78 Å². The Bertz CT molecular complexity index is 426. The molecule has 1 heterocycles. The molecule has 1 atom stereocenters. The fourth-order valence-corrected chi connectivity index (χ4v) is 1.39. The highest BCUT2D eigenvalue weighted by Crippen LogP contribution is 2.12. The molecule has 0 saturated carbocycles. The first-order valence-electron chi connectivity index (χ1n) is 5.46. The van der Waals surface area contributed by atoms with Gasteiger partial charge in [-0.1, -0.05) is 6.92 Å². The van der Waals surface area contributed by atoms with Gasteiger partial charge in [0, 0.05) is 12.7 Å². The van der Waals surface area contributed by atoms with Crippen molar-refractivity contribution >= 4 is 11.7 Å².